The first-order valence-corrected chi connectivity index (χ1v) is 8.91. The zero-order valence-electron chi connectivity index (χ0n) is 15.5. The van der Waals surface area contributed by atoms with Crippen LogP contribution >= 0.6 is 0 Å². The molecule has 1 nitrogen and oxygen atoms in total. The summed E-state index contributed by atoms with van der Waals surface area (Å²) in [6.45, 7) is 17.5. The Kier molecular flexibility index (Phi) is 3.70. The Morgan fingerprint density at radius 2 is 1.65 bits per heavy atom. The molecule has 23 heavy (non-hydrogen) atoms. The van der Waals surface area contributed by atoms with Crippen molar-refractivity contribution in [1.82, 2.24) is 0 Å². The summed E-state index contributed by atoms with van der Waals surface area (Å²) >= 11 is 0. The first kappa shape index (κ1) is 16.6. The van der Waals surface area contributed by atoms with E-state index in [1.54, 1.807) is 0 Å². The van der Waals surface area contributed by atoms with Crippen LogP contribution in [0.15, 0.2) is 18.2 Å². The van der Waals surface area contributed by atoms with Crippen LogP contribution in [0.1, 0.15) is 82.6 Å². The summed E-state index contributed by atoms with van der Waals surface area (Å²) in [5, 5.41) is 11.2. The maximum Gasteiger partial charge on any atom is 0.123 e. The minimum Gasteiger partial charge on any atom is -0.507 e. The maximum absolute atomic E-state index is 11.2. The second-order valence-corrected chi connectivity index (χ2v) is 9.61. The molecule has 0 saturated heterocycles. The quantitative estimate of drug-likeness (QED) is 0.645. The number of hydrogen-bond acceptors (Lipinski definition) is 1. The number of aromatic hydroxyl groups is 1. The lowest BCUT2D eigenvalue weighted by Gasteiger charge is -2.34. The van der Waals surface area contributed by atoms with Gasteiger partial charge in [-0.2, -0.15) is 0 Å². The average molecular weight is 311 g/mol. The van der Waals surface area contributed by atoms with E-state index in [0.29, 0.717) is 17.6 Å². The fourth-order valence-electron chi connectivity index (χ4n) is 4.61. The van der Waals surface area contributed by atoms with Crippen LogP contribution in [0.5, 0.6) is 5.75 Å². The smallest absolute Gasteiger partial charge is 0.123 e. The standard InChI is InChI=1S/C22H31O/c1-13-10-17(21(2,3)4)20(23)19(22(5,6)7)18(13)16-12-14-8-9-15(16)11-14/h8-10,14-16,23H,1,11-12H2,2-7H3. The molecule has 1 N–H and O–H groups in total. The van der Waals surface area contributed by atoms with Crippen LogP contribution < -0.4 is 0 Å². The van der Waals surface area contributed by atoms with Crippen molar-refractivity contribution < 1.29 is 5.11 Å². The lowest BCUT2D eigenvalue weighted by molar-refractivity contribution is 0.416. The Morgan fingerprint density at radius 3 is 2.09 bits per heavy atom. The fourth-order valence-corrected chi connectivity index (χ4v) is 4.61. The molecule has 0 amide bonds. The Hall–Kier alpha value is -1.24. The number of phenolic OH excluding ortho intramolecular Hbond substituents is 1. The molecular formula is C22H31O. The highest BCUT2D eigenvalue weighted by atomic mass is 16.3. The summed E-state index contributed by atoms with van der Waals surface area (Å²) in [4.78, 5) is 0. The number of allylic oxidation sites excluding steroid dienone is 2. The third kappa shape index (κ3) is 2.73. The van der Waals surface area contributed by atoms with Crippen LogP contribution in [-0.4, -0.2) is 5.11 Å². The SMILES string of the molecule is [CH2]c1cc(C(C)(C)C)c(O)c(C(C)(C)C)c1C1CC2C=CC1C2. The van der Waals surface area contributed by atoms with Gasteiger partial charge in [0.05, 0.1) is 0 Å². The number of phenols is 1. The van der Waals surface area contributed by atoms with E-state index in [2.05, 4.69) is 66.7 Å². The molecule has 3 rings (SSSR count). The molecular weight excluding hydrogens is 280 g/mol. The van der Waals surface area contributed by atoms with Gasteiger partial charge in [-0.1, -0.05) is 59.8 Å². The lowest BCUT2D eigenvalue weighted by atomic mass is 9.71. The van der Waals surface area contributed by atoms with Crippen molar-refractivity contribution in [3.05, 3.63) is 47.4 Å². The molecule has 2 aliphatic rings. The van der Waals surface area contributed by atoms with Gasteiger partial charge in [-0.25, -0.2) is 0 Å². The highest BCUT2D eigenvalue weighted by Crippen LogP contribution is 2.54. The van der Waals surface area contributed by atoms with Crippen molar-refractivity contribution in [2.75, 3.05) is 0 Å². The number of rotatable bonds is 1. The van der Waals surface area contributed by atoms with Crippen LogP contribution in [0.25, 0.3) is 0 Å². The second-order valence-electron chi connectivity index (χ2n) is 9.61. The Labute approximate surface area is 141 Å². The van der Waals surface area contributed by atoms with Gasteiger partial charge in [0.1, 0.15) is 5.75 Å². The number of hydrogen-bond donors (Lipinski definition) is 1. The molecule has 0 spiro atoms. The van der Waals surface area contributed by atoms with E-state index in [9.17, 15) is 5.11 Å². The van der Waals surface area contributed by atoms with Gasteiger partial charge in [0.2, 0.25) is 0 Å². The van der Waals surface area contributed by atoms with Crippen molar-refractivity contribution in [2.45, 2.75) is 71.1 Å². The summed E-state index contributed by atoms with van der Waals surface area (Å²) in [5.41, 5.74) is 4.42. The molecule has 1 aromatic carbocycles. The van der Waals surface area contributed by atoms with E-state index in [-0.39, 0.29) is 10.8 Å². The molecule has 1 fully saturated rings. The lowest BCUT2D eigenvalue weighted by Crippen LogP contribution is -2.22. The summed E-state index contributed by atoms with van der Waals surface area (Å²) in [7, 11) is 0. The third-order valence-corrected chi connectivity index (χ3v) is 5.63. The van der Waals surface area contributed by atoms with Gasteiger partial charge < -0.3 is 5.11 Å². The maximum atomic E-state index is 11.2. The molecule has 0 aromatic heterocycles. The van der Waals surface area contributed by atoms with Gasteiger partial charge in [-0.15, -0.1) is 0 Å². The second kappa shape index (κ2) is 5.13. The zero-order valence-corrected chi connectivity index (χ0v) is 15.5. The van der Waals surface area contributed by atoms with Crippen LogP contribution in [0.4, 0.5) is 0 Å². The van der Waals surface area contributed by atoms with Crippen LogP contribution in [0.2, 0.25) is 0 Å². The van der Waals surface area contributed by atoms with Crippen molar-refractivity contribution in [2.24, 2.45) is 11.8 Å². The molecule has 2 bridgehead atoms. The molecule has 125 valence electrons. The van der Waals surface area contributed by atoms with E-state index in [0.717, 1.165) is 22.6 Å². The minimum absolute atomic E-state index is 0.0797. The predicted molar refractivity (Wildman–Crippen MR) is 98.1 cm³/mol. The van der Waals surface area contributed by atoms with Crippen molar-refractivity contribution in [3.8, 4) is 5.75 Å². The molecule has 0 heterocycles. The van der Waals surface area contributed by atoms with Crippen molar-refractivity contribution in [1.29, 1.82) is 0 Å². The van der Waals surface area contributed by atoms with Gasteiger partial charge in [-0.3, -0.25) is 0 Å². The Balaban J connectivity index is 2.24. The largest absolute Gasteiger partial charge is 0.507 e. The van der Waals surface area contributed by atoms with Gasteiger partial charge in [0, 0.05) is 5.56 Å². The number of benzene rings is 1. The summed E-state index contributed by atoms with van der Waals surface area (Å²) in [5.74, 6) is 2.37. The van der Waals surface area contributed by atoms with Crippen molar-refractivity contribution in [3.63, 3.8) is 0 Å². The van der Waals surface area contributed by atoms with Crippen molar-refractivity contribution >= 4 is 0 Å². The summed E-state index contributed by atoms with van der Waals surface area (Å²) < 4.78 is 0. The molecule has 2 aliphatic carbocycles. The molecule has 1 saturated carbocycles. The normalized spacial score (nSPS) is 27.0. The zero-order chi connectivity index (χ0) is 17.2. The first-order chi connectivity index (χ1) is 10.5. The van der Waals surface area contributed by atoms with E-state index >= 15 is 0 Å². The third-order valence-electron chi connectivity index (χ3n) is 5.63. The van der Waals surface area contributed by atoms with Crippen LogP contribution in [0, 0.1) is 18.8 Å². The van der Waals surface area contributed by atoms with Crippen LogP contribution in [-0.2, 0) is 10.8 Å². The highest BCUT2D eigenvalue weighted by molar-refractivity contribution is 5.58. The Bertz CT molecular complexity index is 652. The average Bonchev–Trinajstić information content (AvgIpc) is 3.00. The predicted octanol–water partition coefficient (Wildman–Crippen LogP) is 5.85. The first-order valence-electron chi connectivity index (χ1n) is 8.91. The van der Waals surface area contributed by atoms with Gasteiger partial charge in [-0.05, 0) is 65.0 Å². The monoisotopic (exact) mass is 311 g/mol. The molecule has 1 heteroatoms. The van der Waals surface area contributed by atoms with Gasteiger partial charge in [0.15, 0.2) is 0 Å². The van der Waals surface area contributed by atoms with E-state index in [4.69, 9.17) is 0 Å². The van der Waals surface area contributed by atoms with E-state index < -0.39 is 0 Å². The molecule has 0 aliphatic heterocycles. The topological polar surface area (TPSA) is 20.2 Å². The highest BCUT2D eigenvalue weighted by Gasteiger charge is 2.41. The van der Waals surface area contributed by atoms with Crippen LogP contribution in [0.3, 0.4) is 0 Å². The van der Waals surface area contributed by atoms with Gasteiger partial charge >= 0.3 is 0 Å². The van der Waals surface area contributed by atoms with Gasteiger partial charge in [0.25, 0.3) is 0 Å². The molecule has 1 aromatic rings. The summed E-state index contributed by atoms with van der Waals surface area (Å²) in [6, 6.07) is 2.13. The number of fused-ring (bicyclic) bond motifs is 2. The Morgan fingerprint density at radius 1 is 1.00 bits per heavy atom. The molecule has 3 unspecified atom stereocenters. The molecule has 1 radical (unpaired) electrons. The minimum atomic E-state index is -0.0847. The van der Waals surface area contributed by atoms with E-state index in [1.165, 1.54) is 18.4 Å². The molecule has 3 atom stereocenters. The van der Waals surface area contributed by atoms with E-state index in [1.807, 2.05) is 0 Å². The summed E-state index contributed by atoms with van der Waals surface area (Å²) in [6.07, 6.45) is 7.25. The fraction of sp³-hybridized carbons (Fsp3) is 0.591.